The van der Waals surface area contributed by atoms with Crippen LogP contribution in [0.2, 0.25) is 0 Å². The average molecular weight is 540 g/mol. The van der Waals surface area contributed by atoms with E-state index in [9.17, 15) is 19.1 Å². The van der Waals surface area contributed by atoms with Gasteiger partial charge < -0.3 is 31.5 Å². The van der Waals surface area contributed by atoms with E-state index >= 15 is 0 Å². The van der Waals surface area contributed by atoms with Gasteiger partial charge in [-0.15, -0.1) is 0 Å². The van der Waals surface area contributed by atoms with Crippen molar-refractivity contribution < 1.29 is 23.8 Å². The highest BCUT2D eigenvalue weighted by Crippen LogP contribution is 2.25. The van der Waals surface area contributed by atoms with E-state index in [2.05, 4.69) is 21.3 Å². The summed E-state index contributed by atoms with van der Waals surface area (Å²) >= 11 is 0. The number of unbranched alkanes of at least 4 members (excludes halogenated alkanes) is 1. The zero-order chi connectivity index (χ0) is 27.9. The number of hydrogen-bond donors (Lipinski definition) is 6. The Morgan fingerprint density at radius 1 is 0.821 bits per heavy atom. The highest BCUT2D eigenvalue weighted by Gasteiger charge is 2.18. The molecule has 0 atom stereocenters. The van der Waals surface area contributed by atoms with Crippen molar-refractivity contribution in [1.29, 1.82) is 0 Å². The maximum atomic E-state index is 14.6. The number of amides is 1. The molecule has 3 rings (SSSR count). The number of rotatable bonds is 17. The highest BCUT2D eigenvalue weighted by atomic mass is 19.1. The molecule has 0 fully saturated rings. The summed E-state index contributed by atoms with van der Waals surface area (Å²) in [7, 11) is 0. The van der Waals surface area contributed by atoms with Gasteiger partial charge in [0.25, 0.3) is 0 Å². The molecule has 210 valence electrons. The summed E-state index contributed by atoms with van der Waals surface area (Å²) in [4.78, 5) is 24.1. The first-order valence-corrected chi connectivity index (χ1v) is 13.3. The summed E-state index contributed by atoms with van der Waals surface area (Å²) in [5, 5.41) is 23.7. The van der Waals surface area contributed by atoms with Crippen LogP contribution in [0.3, 0.4) is 0 Å². The van der Waals surface area contributed by atoms with Gasteiger partial charge in [0, 0.05) is 6.54 Å². The van der Waals surface area contributed by atoms with Crippen molar-refractivity contribution in [1.82, 2.24) is 10.6 Å². The van der Waals surface area contributed by atoms with Crippen LogP contribution >= 0.6 is 0 Å². The van der Waals surface area contributed by atoms with Gasteiger partial charge in [-0.3, -0.25) is 5.32 Å². The Labute approximate surface area is 228 Å². The number of nitrogens with two attached hydrogens (primary N) is 1. The third kappa shape index (κ3) is 10.2. The number of halogens is 1. The molecule has 9 nitrogen and oxygen atoms in total. The Morgan fingerprint density at radius 3 is 2.23 bits per heavy atom. The molecule has 7 N–H and O–H groups in total. The van der Waals surface area contributed by atoms with E-state index in [0.29, 0.717) is 13.1 Å². The number of aromatic carboxylic acids is 1. The maximum Gasteiger partial charge on any atom is 0.411 e. The molecular weight excluding hydrogens is 501 g/mol. The number of ether oxygens (including phenoxy) is 1. The molecule has 0 bridgehead atoms. The Bertz CT molecular complexity index is 1220. The van der Waals surface area contributed by atoms with Crippen LogP contribution in [-0.2, 0) is 11.3 Å². The zero-order valence-electron chi connectivity index (χ0n) is 22.1. The van der Waals surface area contributed by atoms with E-state index in [4.69, 9.17) is 10.5 Å². The van der Waals surface area contributed by atoms with Gasteiger partial charge in [-0.2, -0.15) is 0 Å². The fourth-order valence-corrected chi connectivity index (χ4v) is 4.03. The van der Waals surface area contributed by atoms with Gasteiger partial charge in [-0.05, 0) is 92.9 Å². The normalized spacial score (nSPS) is 10.9. The Hall–Kier alpha value is -3.73. The lowest BCUT2D eigenvalue weighted by Crippen LogP contribution is -2.22. The first-order chi connectivity index (χ1) is 19.0. The second-order valence-electron chi connectivity index (χ2n) is 9.20. The standard InChI is InChI=1S/C29H38FN5O4/c30-25-18-24(28(36)37)26(19-27(25)34-16-6-15-33-13-4-3-12-32-14-5-11-31)35-29(38)39-20-21-9-10-22-7-1-2-8-23(22)17-21/h1-2,7-10,17-19,32-34H,3-6,11-16,20,31H2,(H,35,38)(H,36,37). The van der Waals surface area contributed by atoms with Crippen molar-refractivity contribution in [3.05, 3.63) is 71.5 Å². The summed E-state index contributed by atoms with van der Waals surface area (Å²) < 4.78 is 19.8. The molecule has 0 heterocycles. The van der Waals surface area contributed by atoms with Crippen LogP contribution in [0.4, 0.5) is 20.6 Å². The molecule has 10 heteroatoms. The molecule has 0 aromatic heterocycles. The van der Waals surface area contributed by atoms with E-state index in [0.717, 1.165) is 74.3 Å². The molecule has 0 aliphatic carbocycles. The molecule has 0 aliphatic heterocycles. The number of hydrogen-bond acceptors (Lipinski definition) is 7. The van der Waals surface area contributed by atoms with E-state index < -0.39 is 17.9 Å². The lowest BCUT2D eigenvalue weighted by Gasteiger charge is -2.14. The van der Waals surface area contributed by atoms with Crippen LogP contribution in [0.5, 0.6) is 0 Å². The summed E-state index contributed by atoms with van der Waals surface area (Å²) in [5.74, 6) is -2.07. The number of carboxylic acid groups (broad SMARTS) is 1. The maximum absolute atomic E-state index is 14.6. The highest BCUT2D eigenvalue weighted by molar-refractivity contribution is 5.99. The van der Waals surface area contributed by atoms with Crippen molar-refractivity contribution in [3.8, 4) is 0 Å². The molecule has 1 amide bonds. The van der Waals surface area contributed by atoms with Gasteiger partial charge in [-0.25, -0.2) is 14.0 Å². The second-order valence-corrected chi connectivity index (χ2v) is 9.20. The van der Waals surface area contributed by atoms with Crippen molar-refractivity contribution in [2.75, 3.05) is 49.9 Å². The molecular formula is C29H38FN5O4. The van der Waals surface area contributed by atoms with Crippen LogP contribution in [-0.4, -0.2) is 56.4 Å². The Balaban J connectivity index is 1.44. The number of benzene rings is 3. The molecule has 0 unspecified atom stereocenters. The fourth-order valence-electron chi connectivity index (χ4n) is 4.03. The lowest BCUT2D eigenvalue weighted by atomic mass is 10.1. The first kappa shape index (κ1) is 29.8. The minimum absolute atomic E-state index is 0.00315. The van der Waals surface area contributed by atoms with Crippen LogP contribution in [0, 0.1) is 5.82 Å². The lowest BCUT2D eigenvalue weighted by molar-refractivity contribution is 0.0697. The molecule has 3 aromatic carbocycles. The van der Waals surface area contributed by atoms with Crippen LogP contribution < -0.4 is 27.0 Å². The summed E-state index contributed by atoms with van der Waals surface area (Å²) in [6, 6.07) is 15.7. The largest absolute Gasteiger partial charge is 0.478 e. The van der Waals surface area contributed by atoms with Crippen molar-refractivity contribution in [2.45, 2.75) is 32.3 Å². The second kappa shape index (κ2) is 16.3. The predicted molar refractivity (Wildman–Crippen MR) is 153 cm³/mol. The Kier molecular flexibility index (Phi) is 12.4. The number of carboxylic acids is 1. The minimum Gasteiger partial charge on any atom is -0.478 e. The number of carbonyl (C=O) groups excluding carboxylic acids is 1. The van der Waals surface area contributed by atoms with Gasteiger partial charge in [0.1, 0.15) is 12.4 Å². The quantitative estimate of drug-likeness (QED) is 0.138. The van der Waals surface area contributed by atoms with Crippen molar-refractivity contribution in [2.24, 2.45) is 5.73 Å². The van der Waals surface area contributed by atoms with Gasteiger partial charge in [0.2, 0.25) is 0 Å². The number of carbonyl (C=O) groups is 2. The van der Waals surface area contributed by atoms with Crippen LogP contribution in [0.15, 0.2) is 54.6 Å². The predicted octanol–water partition coefficient (Wildman–Crippen LogP) is 4.54. The molecule has 0 saturated carbocycles. The van der Waals surface area contributed by atoms with Gasteiger partial charge in [-0.1, -0.05) is 36.4 Å². The Morgan fingerprint density at radius 2 is 1.51 bits per heavy atom. The van der Waals surface area contributed by atoms with Gasteiger partial charge in [0.15, 0.2) is 0 Å². The van der Waals surface area contributed by atoms with Crippen molar-refractivity contribution >= 4 is 34.2 Å². The minimum atomic E-state index is -1.36. The van der Waals surface area contributed by atoms with Gasteiger partial charge >= 0.3 is 12.1 Å². The number of anilines is 2. The third-order valence-corrected chi connectivity index (χ3v) is 6.12. The van der Waals surface area contributed by atoms with E-state index in [1.165, 1.54) is 6.07 Å². The summed E-state index contributed by atoms with van der Waals surface area (Å²) in [5.41, 5.74) is 5.94. The van der Waals surface area contributed by atoms with Gasteiger partial charge in [0.05, 0.1) is 16.9 Å². The van der Waals surface area contributed by atoms with Crippen LogP contribution in [0.1, 0.15) is 41.6 Å². The summed E-state index contributed by atoms with van der Waals surface area (Å²) in [6.45, 7) is 4.76. The molecule has 0 radical (unpaired) electrons. The fraction of sp³-hybridized carbons (Fsp3) is 0.379. The van der Waals surface area contributed by atoms with E-state index in [1.807, 2.05) is 42.5 Å². The number of fused-ring (bicyclic) bond motifs is 1. The molecule has 0 spiro atoms. The molecule has 3 aromatic rings. The smallest absolute Gasteiger partial charge is 0.411 e. The first-order valence-electron chi connectivity index (χ1n) is 13.3. The topological polar surface area (TPSA) is 138 Å². The molecule has 0 saturated heterocycles. The number of nitrogens with one attached hydrogen (secondary N) is 4. The monoisotopic (exact) mass is 539 g/mol. The summed E-state index contributed by atoms with van der Waals surface area (Å²) in [6.07, 6.45) is 3.03. The van der Waals surface area contributed by atoms with E-state index in [1.54, 1.807) is 0 Å². The van der Waals surface area contributed by atoms with Crippen LogP contribution in [0.25, 0.3) is 10.8 Å². The average Bonchev–Trinajstić information content (AvgIpc) is 2.93. The third-order valence-electron chi connectivity index (χ3n) is 6.12. The molecule has 0 aliphatic rings. The zero-order valence-corrected chi connectivity index (χ0v) is 22.1. The SMILES string of the molecule is NCCCNCCCCNCCCNc1cc(NC(=O)OCc2ccc3ccccc3c2)c(C(=O)O)cc1F. The molecule has 39 heavy (non-hydrogen) atoms. The van der Waals surface area contributed by atoms with Crippen molar-refractivity contribution in [3.63, 3.8) is 0 Å². The van der Waals surface area contributed by atoms with E-state index in [-0.39, 0.29) is 23.5 Å².